The van der Waals surface area contributed by atoms with Crippen LogP contribution >= 0.6 is 23.1 Å². The number of amides is 1. The number of thiophene rings is 1. The van der Waals surface area contributed by atoms with Crippen LogP contribution in [0.4, 0.5) is 5.69 Å². The standard InChI is InChI=1S/C22H16N4O2S2/c1-26-21(28)20-17(11-18(30-20)15-7-3-2-4-8-15)25-22(26)29-13-19(27)24-16-9-5-6-14(10-16)12-23/h2-11H,13H2,1H3,(H,24,27). The summed E-state index contributed by atoms with van der Waals surface area (Å²) in [5.74, 6) is -0.141. The van der Waals surface area contributed by atoms with Gasteiger partial charge in [-0.1, -0.05) is 48.2 Å². The molecule has 1 N–H and O–H groups in total. The highest BCUT2D eigenvalue weighted by molar-refractivity contribution is 7.99. The van der Waals surface area contributed by atoms with Crippen molar-refractivity contribution in [2.75, 3.05) is 11.1 Å². The lowest BCUT2D eigenvalue weighted by atomic mass is 10.2. The fourth-order valence-electron chi connectivity index (χ4n) is 2.90. The summed E-state index contributed by atoms with van der Waals surface area (Å²) in [4.78, 5) is 30.7. The molecule has 148 valence electrons. The van der Waals surface area contributed by atoms with Gasteiger partial charge in [0.2, 0.25) is 5.91 Å². The van der Waals surface area contributed by atoms with Crippen LogP contribution in [-0.4, -0.2) is 21.2 Å². The van der Waals surface area contributed by atoms with Gasteiger partial charge in [0.15, 0.2) is 5.16 Å². The number of carbonyl (C=O) groups excluding carboxylic acids is 1. The molecule has 4 aromatic rings. The molecule has 0 saturated heterocycles. The molecule has 0 saturated carbocycles. The summed E-state index contributed by atoms with van der Waals surface area (Å²) in [6, 6.07) is 20.5. The quantitative estimate of drug-likeness (QED) is 0.376. The maximum Gasteiger partial charge on any atom is 0.271 e. The van der Waals surface area contributed by atoms with Crippen LogP contribution in [-0.2, 0) is 11.8 Å². The van der Waals surface area contributed by atoms with Gasteiger partial charge in [0.25, 0.3) is 5.56 Å². The van der Waals surface area contributed by atoms with Gasteiger partial charge in [0, 0.05) is 17.6 Å². The lowest BCUT2D eigenvalue weighted by Gasteiger charge is -2.08. The lowest BCUT2D eigenvalue weighted by Crippen LogP contribution is -2.20. The van der Waals surface area contributed by atoms with E-state index in [1.165, 1.54) is 27.7 Å². The zero-order chi connectivity index (χ0) is 21.1. The number of nitriles is 1. The predicted molar refractivity (Wildman–Crippen MR) is 121 cm³/mol. The molecule has 0 radical (unpaired) electrons. The maximum atomic E-state index is 12.8. The molecule has 4 rings (SSSR count). The second-order valence-corrected chi connectivity index (χ2v) is 8.47. The topological polar surface area (TPSA) is 87.8 Å². The molecular weight excluding hydrogens is 416 g/mol. The number of benzene rings is 2. The zero-order valence-electron chi connectivity index (χ0n) is 16.0. The summed E-state index contributed by atoms with van der Waals surface area (Å²) in [5.41, 5.74) is 2.57. The number of anilines is 1. The molecule has 0 spiro atoms. The van der Waals surface area contributed by atoms with Crippen molar-refractivity contribution in [1.82, 2.24) is 9.55 Å². The normalized spacial score (nSPS) is 10.7. The number of rotatable bonds is 5. The Morgan fingerprint density at radius 2 is 2.00 bits per heavy atom. The molecule has 6 nitrogen and oxygen atoms in total. The smallest absolute Gasteiger partial charge is 0.271 e. The van der Waals surface area contributed by atoms with Gasteiger partial charge in [-0.25, -0.2) is 4.98 Å². The summed E-state index contributed by atoms with van der Waals surface area (Å²) in [5, 5.41) is 12.2. The first-order chi connectivity index (χ1) is 14.5. The molecule has 0 aliphatic carbocycles. The Morgan fingerprint density at radius 1 is 1.20 bits per heavy atom. The Bertz CT molecular complexity index is 1340. The van der Waals surface area contributed by atoms with Crippen molar-refractivity contribution >= 4 is 44.9 Å². The molecule has 30 heavy (non-hydrogen) atoms. The van der Waals surface area contributed by atoms with Crippen LogP contribution in [0, 0.1) is 11.3 Å². The average molecular weight is 433 g/mol. The van der Waals surface area contributed by atoms with Crippen molar-refractivity contribution in [2.24, 2.45) is 7.05 Å². The van der Waals surface area contributed by atoms with Crippen LogP contribution in [0.25, 0.3) is 20.7 Å². The Labute approximate surface area is 180 Å². The van der Waals surface area contributed by atoms with Gasteiger partial charge < -0.3 is 5.32 Å². The maximum absolute atomic E-state index is 12.8. The van der Waals surface area contributed by atoms with Gasteiger partial charge in [-0.15, -0.1) is 11.3 Å². The number of carbonyl (C=O) groups is 1. The van der Waals surface area contributed by atoms with Gasteiger partial charge in [0.1, 0.15) is 4.70 Å². The SMILES string of the molecule is Cn1c(SCC(=O)Nc2cccc(C#N)c2)nc2cc(-c3ccccc3)sc2c1=O. The fraction of sp³-hybridized carbons (Fsp3) is 0.0909. The number of nitrogens with one attached hydrogen (secondary N) is 1. The van der Waals surface area contributed by atoms with E-state index in [2.05, 4.69) is 10.3 Å². The van der Waals surface area contributed by atoms with Gasteiger partial charge in [-0.05, 0) is 29.8 Å². The minimum atomic E-state index is -0.236. The first-order valence-electron chi connectivity index (χ1n) is 9.04. The van der Waals surface area contributed by atoms with Crippen molar-refractivity contribution in [3.05, 3.63) is 76.6 Å². The van der Waals surface area contributed by atoms with Crippen molar-refractivity contribution < 1.29 is 4.79 Å². The lowest BCUT2D eigenvalue weighted by molar-refractivity contribution is -0.113. The molecule has 0 unspecified atom stereocenters. The Balaban J connectivity index is 1.54. The number of hydrogen-bond acceptors (Lipinski definition) is 6. The molecule has 0 aliphatic rings. The molecule has 0 fully saturated rings. The van der Waals surface area contributed by atoms with E-state index in [0.717, 1.165) is 10.4 Å². The van der Waals surface area contributed by atoms with Crippen molar-refractivity contribution in [3.63, 3.8) is 0 Å². The van der Waals surface area contributed by atoms with Crippen LogP contribution in [0.15, 0.2) is 70.6 Å². The third-order valence-corrected chi connectivity index (χ3v) is 6.57. The van der Waals surface area contributed by atoms with Crippen LogP contribution in [0.5, 0.6) is 0 Å². The summed E-state index contributed by atoms with van der Waals surface area (Å²) in [7, 11) is 1.66. The molecule has 0 atom stereocenters. The summed E-state index contributed by atoms with van der Waals surface area (Å²) in [6.45, 7) is 0. The fourth-order valence-corrected chi connectivity index (χ4v) is 4.75. The first-order valence-corrected chi connectivity index (χ1v) is 10.8. The number of hydrogen-bond donors (Lipinski definition) is 1. The largest absolute Gasteiger partial charge is 0.325 e. The van der Waals surface area contributed by atoms with Crippen molar-refractivity contribution in [3.8, 4) is 16.5 Å². The number of nitrogens with zero attached hydrogens (tertiary/aromatic N) is 3. The average Bonchev–Trinajstić information content (AvgIpc) is 3.20. The van der Waals surface area contributed by atoms with Crippen LogP contribution < -0.4 is 10.9 Å². The Morgan fingerprint density at radius 3 is 2.77 bits per heavy atom. The summed E-state index contributed by atoms with van der Waals surface area (Å²) < 4.78 is 2.07. The molecule has 2 aromatic heterocycles. The minimum absolute atomic E-state index is 0.0955. The van der Waals surface area contributed by atoms with E-state index in [0.29, 0.717) is 26.6 Å². The monoisotopic (exact) mass is 432 g/mol. The first kappa shape index (κ1) is 19.9. The molecular formula is C22H16N4O2S2. The molecule has 8 heteroatoms. The third kappa shape index (κ3) is 4.13. The van der Waals surface area contributed by atoms with E-state index in [-0.39, 0.29) is 17.2 Å². The zero-order valence-corrected chi connectivity index (χ0v) is 17.6. The van der Waals surface area contributed by atoms with E-state index in [4.69, 9.17) is 5.26 Å². The number of aromatic nitrogens is 2. The number of thioether (sulfide) groups is 1. The van der Waals surface area contributed by atoms with Crippen LogP contribution in [0.3, 0.4) is 0 Å². The highest BCUT2D eigenvalue weighted by Gasteiger charge is 2.14. The van der Waals surface area contributed by atoms with Crippen molar-refractivity contribution in [1.29, 1.82) is 5.26 Å². The third-order valence-electron chi connectivity index (χ3n) is 4.38. The predicted octanol–water partition coefficient (Wildman–Crippen LogP) is 4.26. The van der Waals surface area contributed by atoms with Crippen LogP contribution in [0.2, 0.25) is 0 Å². The van der Waals surface area contributed by atoms with Gasteiger partial charge in [-0.2, -0.15) is 5.26 Å². The van der Waals surface area contributed by atoms with Gasteiger partial charge >= 0.3 is 0 Å². The van der Waals surface area contributed by atoms with E-state index in [1.807, 2.05) is 42.5 Å². The van der Waals surface area contributed by atoms with E-state index >= 15 is 0 Å². The minimum Gasteiger partial charge on any atom is -0.325 e. The van der Waals surface area contributed by atoms with Gasteiger partial charge in [-0.3, -0.25) is 14.2 Å². The Hall–Kier alpha value is -3.41. The number of fused-ring (bicyclic) bond motifs is 1. The van der Waals surface area contributed by atoms with E-state index in [9.17, 15) is 9.59 Å². The molecule has 1 amide bonds. The summed E-state index contributed by atoms with van der Waals surface area (Å²) >= 11 is 2.62. The van der Waals surface area contributed by atoms with Crippen molar-refractivity contribution in [2.45, 2.75) is 5.16 Å². The van der Waals surface area contributed by atoms with E-state index in [1.54, 1.807) is 31.3 Å². The highest BCUT2D eigenvalue weighted by Crippen LogP contribution is 2.31. The molecule has 2 aromatic carbocycles. The van der Waals surface area contributed by atoms with Crippen LogP contribution in [0.1, 0.15) is 5.56 Å². The highest BCUT2D eigenvalue weighted by atomic mass is 32.2. The molecule has 2 heterocycles. The van der Waals surface area contributed by atoms with E-state index < -0.39 is 0 Å². The second-order valence-electron chi connectivity index (χ2n) is 6.48. The molecule has 0 bridgehead atoms. The second kappa shape index (κ2) is 8.53. The summed E-state index contributed by atoms with van der Waals surface area (Å²) in [6.07, 6.45) is 0. The Kier molecular flexibility index (Phi) is 5.65. The molecule has 0 aliphatic heterocycles. The van der Waals surface area contributed by atoms with Gasteiger partial charge in [0.05, 0.1) is 22.9 Å².